The van der Waals surface area contributed by atoms with Gasteiger partial charge in [-0.05, 0) is 56.3 Å². The van der Waals surface area contributed by atoms with Crippen molar-refractivity contribution in [1.82, 2.24) is 15.3 Å². The molecule has 142 valence electrons. The number of nitrogens with zero attached hydrogens (tertiary/aromatic N) is 2. The van der Waals surface area contributed by atoms with Gasteiger partial charge in [-0.2, -0.15) is 0 Å². The molecule has 28 heavy (non-hydrogen) atoms. The summed E-state index contributed by atoms with van der Waals surface area (Å²) >= 11 is 0. The Morgan fingerprint density at radius 2 is 1.46 bits per heavy atom. The summed E-state index contributed by atoms with van der Waals surface area (Å²) in [7, 11) is 0. The van der Waals surface area contributed by atoms with E-state index in [1.165, 1.54) is 0 Å². The molecule has 3 rings (SSSR count). The molecule has 0 aliphatic carbocycles. The van der Waals surface area contributed by atoms with E-state index in [1.54, 1.807) is 42.5 Å². The molecule has 3 amide bonds. The Labute approximate surface area is 161 Å². The number of fused-ring (bicyclic) bond motifs is 1. The maximum Gasteiger partial charge on any atom is 0.255 e. The molecule has 0 saturated heterocycles. The van der Waals surface area contributed by atoms with Gasteiger partial charge in [-0.25, -0.2) is 9.97 Å². The first kappa shape index (κ1) is 19.0. The number of primary amides is 1. The quantitative estimate of drug-likeness (QED) is 0.624. The van der Waals surface area contributed by atoms with Gasteiger partial charge in [-0.3, -0.25) is 14.4 Å². The molecule has 0 radical (unpaired) electrons. The van der Waals surface area contributed by atoms with Crippen LogP contribution in [0.2, 0.25) is 0 Å². The van der Waals surface area contributed by atoms with Crippen LogP contribution in [0.1, 0.15) is 32.1 Å². The Morgan fingerprint density at radius 1 is 0.857 bits per heavy atom. The Kier molecular flexibility index (Phi) is 5.30. The first-order chi connectivity index (χ1) is 13.3. The predicted molar refractivity (Wildman–Crippen MR) is 105 cm³/mol. The Morgan fingerprint density at radius 3 is 2.11 bits per heavy atom. The standard InChI is InChI=1S/C20H19N5O3/c1-11-12(2)24-17-9-14(5-8-16(17)23-11)20(28)25-15-6-3-13(4-7-15)19(27)22-10-18(21)26/h3-9H,10H2,1-2H3,(H2,21,26)(H,22,27)(H,25,28). The summed E-state index contributed by atoms with van der Waals surface area (Å²) in [5, 5.41) is 5.17. The molecule has 0 bridgehead atoms. The Bertz CT molecular complexity index is 1080. The number of carbonyl (C=O) groups is 3. The third-order valence-electron chi connectivity index (χ3n) is 4.17. The van der Waals surface area contributed by atoms with Gasteiger partial charge in [-0.1, -0.05) is 0 Å². The van der Waals surface area contributed by atoms with Crippen LogP contribution in [0.3, 0.4) is 0 Å². The fraction of sp³-hybridized carbons (Fsp3) is 0.150. The molecule has 0 fully saturated rings. The highest BCUT2D eigenvalue weighted by atomic mass is 16.2. The zero-order chi connectivity index (χ0) is 20.3. The molecule has 0 aliphatic rings. The van der Waals surface area contributed by atoms with E-state index in [0.29, 0.717) is 22.3 Å². The first-order valence-corrected chi connectivity index (χ1v) is 8.56. The van der Waals surface area contributed by atoms with Crippen molar-refractivity contribution >= 4 is 34.4 Å². The lowest BCUT2D eigenvalue weighted by Gasteiger charge is -2.08. The van der Waals surface area contributed by atoms with Crippen LogP contribution in [0.5, 0.6) is 0 Å². The van der Waals surface area contributed by atoms with Crippen molar-refractivity contribution in [3.8, 4) is 0 Å². The van der Waals surface area contributed by atoms with Crippen molar-refractivity contribution in [3.63, 3.8) is 0 Å². The van der Waals surface area contributed by atoms with Crippen LogP contribution >= 0.6 is 0 Å². The Balaban J connectivity index is 1.72. The normalized spacial score (nSPS) is 10.5. The molecule has 0 spiro atoms. The molecule has 0 atom stereocenters. The van der Waals surface area contributed by atoms with Crippen molar-refractivity contribution < 1.29 is 14.4 Å². The number of carbonyl (C=O) groups excluding carboxylic acids is 3. The fourth-order valence-corrected chi connectivity index (χ4v) is 2.55. The summed E-state index contributed by atoms with van der Waals surface area (Å²) in [6, 6.07) is 11.4. The average molecular weight is 377 g/mol. The van der Waals surface area contributed by atoms with Gasteiger partial charge in [0.15, 0.2) is 0 Å². The van der Waals surface area contributed by atoms with Gasteiger partial charge < -0.3 is 16.4 Å². The molecule has 1 aromatic heterocycles. The number of anilines is 1. The summed E-state index contributed by atoms with van der Waals surface area (Å²) in [4.78, 5) is 44.0. The van der Waals surface area contributed by atoms with Crippen molar-refractivity contribution in [2.24, 2.45) is 5.73 Å². The second kappa shape index (κ2) is 7.83. The molecular formula is C20H19N5O3. The summed E-state index contributed by atoms with van der Waals surface area (Å²) in [6.45, 7) is 3.52. The van der Waals surface area contributed by atoms with E-state index in [0.717, 1.165) is 16.9 Å². The van der Waals surface area contributed by atoms with Crippen LogP contribution in [0.25, 0.3) is 11.0 Å². The van der Waals surface area contributed by atoms with Gasteiger partial charge in [0.25, 0.3) is 11.8 Å². The third kappa shape index (κ3) is 4.29. The number of benzene rings is 2. The highest BCUT2D eigenvalue weighted by Gasteiger charge is 2.11. The summed E-state index contributed by atoms with van der Waals surface area (Å²) in [5.74, 6) is -1.34. The zero-order valence-electron chi connectivity index (χ0n) is 15.4. The van der Waals surface area contributed by atoms with E-state index < -0.39 is 11.8 Å². The lowest BCUT2D eigenvalue weighted by Crippen LogP contribution is -2.33. The molecule has 2 aromatic carbocycles. The van der Waals surface area contributed by atoms with Crippen LogP contribution in [0.4, 0.5) is 5.69 Å². The van der Waals surface area contributed by atoms with Crippen LogP contribution in [0, 0.1) is 13.8 Å². The van der Waals surface area contributed by atoms with Crippen LogP contribution in [-0.4, -0.2) is 34.2 Å². The van der Waals surface area contributed by atoms with E-state index >= 15 is 0 Å². The van der Waals surface area contributed by atoms with Crippen LogP contribution in [0.15, 0.2) is 42.5 Å². The monoisotopic (exact) mass is 377 g/mol. The molecule has 8 nitrogen and oxygen atoms in total. The lowest BCUT2D eigenvalue weighted by atomic mass is 10.1. The third-order valence-corrected chi connectivity index (χ3v) is 4.17. The van der Waals surface area contributed by atoms with Gasteiger partial charge in [0, 0.05) is 16.8 Å². The second-order valence-electron chi connectivity index (χ2n) is 6.28. The highest BCUT2D eigenvalue weighted by Crippen LogP contribution is 2.16. The van der Waals surface area contributed by atoms with Gasteiger partial charge in [-0.15, -0.1) is 0 Å². The predicted octanol–water partition coefficient (Wildman–Crippen LogP) is 1.71. The van der Waals surface area contributed by atoms with E-state index in [1.807, 2.05) is 13.8 Å². The number of hydrogen-bond donors (Lipinski definition) is 3. The van der Waals surface area contributed by atoms with E-state index in [4.69, 9.17) is 5.73 Å². The topological polar surface area (TPSA) is 127 Å². The molecule has 0 saturated carbocycles. The number of amides is 3. The highest BCUT2D eigenvalue weighted by molar-refractivity contribution is 6.06. The molecule has 3 aromatic rings. The number of aryl methyl sites for hydroxylation is 2. The SMILES string of the molecule is Cc1nc2ccc(C(=O)Nc3ccc(C(=O)NCC(N)=O)cc3)cc2nc1C. The number of hydrogen-bond acceptors (Lipinski definition) is 5. The smallest absolute Gasteiger partial charge is 0.255 e. The molecule has 0 aliphatic heterocycles. The summed E-state index contributed by atoms with van der Waals surface area (Å²) < 4.78 is 0. The van der Waals surface area contributed by atoms with Crippen molar-refractivity contribution in [1.29, 1.82) is 0 Å². The summed E-state index contributed by atoms with van der Waals surface area (Å²) in [6.07, 6.45) is 0. The van der Waals surface area contributed by atoms with Gasteiger partial charge in [0.1, 0.15) is 0 Å². The lowest BCUT2D eigenvalue weighted by molar-refractivity contribution is -0.117. The average Bonchev–Trinajstić information content (AvgIpc) is 2.67. The molecule has 4 N–H and O–H groups in total. The number of rotatable bonds is 5. The van der Waals surface area contributed by atoms with E-state index in [9.17, 15) is 14.4 Å². The minimum Gasteiger partial charge on any atom is -0.368 e. The second-order valence-corrected chi connectivity index (χ2v) is 6.28. The van der Waals surface area contributed by atoms with Crippen molar-refractivity contribution in [2.75, 3.05) is 11.9 Å². The molecule has 1 heterocycles. The van der Waals surface area contributed by atoms with Gasteiger partial charge in [0.2, 0.25) is 5.91 Å². The summed E-state index contributed by atoms with van der Waals surface area (Å²) in [5.41, 5.74) is 9.37. The largest absolute Gasteiger partial charge is 0.368 e. The minimum atomic E-state index is -0.623. The van der Waals surface area contributed by atoms with Crippen LogP contribution in [-0.2, 0) is 4.79 Å². The first-order valence-electron chi connectivity index (χ1n) is 8.56. The maximum atomic E-state index is 12.5. The van der Waals surface area contributed by atoms with Crippen molar-refractivity contribution in [2.45, 2.75) is 13.8 Å². The van der Waals surface area contributed by atoms with Gasteiger partial charge >= 0.3 is 0 Å². The Hall–Kier alpha value is -3.81. The number of aromatic nitrogens is 2. The van der Waals surface area contributed by atoms with Gasteiger partial charge in [0.05, 0.1) is 29.0 Å². The van der Waals surface area contributed by atoms with Crippen molar-refractivity contribution in [3.05, 3.63) is 65.0 Å². The van der Waals surface area contributed by atoms with E-state index in [2.05, 4.69) is 20.6 Å². The van der Waals surface area contributed by atoms with E-state index in [-0.39, 0.29) is 12.5 Å². The van der Waals surface area contributed by atoms with Crippen LogP contribution < -0.4 is 16.4 Å². The fourth-order valence-electron chi connectivity index (χ4n) is 2.55. The number of nitrogens with one attached hydrogen (secondary N) is 2. The zero-order valence-corrected chi connectivity index (χ0v) is 15.4. The number of nitrogens with two attached hydrogens (primary N) is 1. The molecule has 0 unspecified atom stereocenters. The maximum absolute atomic E-state index is 12.5. The molecular weight excluding hydrogens is 358 g/mol. The minimum absolute atomic E-state index is 0.235. The molecule has 8 heteroatoms.